The van der Waals surface area contributed by atoms with Gasteiger partial charge in [0, 0.05) is 24.5 Å². The van der Waals surface area contributed by atoms with Gasteiger partial charge in [-0.3, -0.25) is 14.4 Å². The molecule has 1 aromatic carbocycles. The molecule has 0 aliphatic carbocycles. The van der Waals surface area contributed by atoms with Crippen LogP contribution in [-0.2, 0) is 31.0 Å². The molecule has 3 N–H and O–H groups in total. The third-order valence-corrected chi connectivity index (χ3v) is 18.1. The van der Waals surface area contributed by atoms with E-state index in [9.17, 15) is 14.4 Å². The fraction of sp³-hybridized carbons (Fsp3) is 0.850. The van der Waals surface area contributed by atoms with E-state index in [-0.39, 0.29) is 34.8 Å². The van der Waals surface area contributed by atoms with Crippen LogP contribution in [0.15, 0.2) is 0 Å². The lowest BCUT2D eigenvalue weighted by Crippen LogP contribution is -2.49. The van der Waals surface area contributed by atoms with E-state index in [0.29, 0.717) is 47.3 Å². The Morgan fingerprint density at radius 1 is 0.456 bits per heavy atom. The van der Waals surface area contributed by atoms with Crippen molar-refractivity contribution in [2.45, 2.75) is 302 Å². The maximum Gasteiger partial charge on any atom is 0.220 e. The maximum atomic E-state index is 14.2. The van der Waals surface area contributed by atoms with Gasteiger partial charge in [-0.15, -0.1) is 11.7 Å². The lowest BCUT2D eigenvalue weighted by atomic mass is 9.66. The molecule has 0 bridgehead atoms. The molecule has 3 amide bonds. The van der Waals surface area contributed by atoms with E-state index in [2.05, 4.69) is 168 Å². The Labute approximate surface area is 431 Å². The highest BCUT2D eigenvalue weighted by Gasteiger charge is 2.44. The number of hydrogen-bond acceptors (Lipinski definition) is 5. The van der Waals surface area contributed by atoms with Crippen molar-refractivity contribution in [1.82, 2.24) is 16.0 Å². The van der Waals surface area contributed by atoms with Crippen molar-refractivity contribution in [2.75, 3.05) is 0 Å². The Bertz CT molecular complexity index is 1720. The van der Waals surface area contributed by atoms with E-state index in [0.717, 1.165) is 117 Å². The highest BCUT2D eigenvalue weighted by molar-refractivity contribution is 8.68. The summed E-state index contributed by atoms with van der Waals surface area (Å²) < 4.78 is 0. The van der Waals surface area contributed by atoms with E-state index in [4.69, 9.17) is 11.7 Å². The van der Waals surface area contributed by atoms with E-state index >= 15 is 0 Å². The zero-order valence-corrected chi connectivity index (χ0v) is 50.4. The van der Waals surface area contributed by atoms with Gasteiger partial charge in [0.05, 0.1) is 16.6 Å². The van der Waals surface area contributed by atoms with Crippen molar-refractivity contribution < 1.29 is 14.4 Å². The van der Waals surface area contributed by atoms with Crippen molar-refractivity contribution in [1.29, 1.82) is 0 Å². The molecule has 6 nitrogen and oxygen atoms in total. The zero-order chi connectivity index (χ0) is 52.6. The molecule has 0 spiro atoms. The molecule has 0 heterocycles. The molecule has 0 aromatic heterocycles. The number of rotatable bonds is 33. The van der Waals surface area contributed by atoms with Crippen LogP contribution in [0.3, 0.4) is 0 Å². The van der Waals surface area contributed by atoms with Crippen LogP contribution in [0, 0.1) is 28.1 Å². The van der Waals surface area contributed by atoms with E-state index in [1.807, 2.05) is 0 Å². The molecule has 0 aliphatic heterocycles. The SMILES string of the molecule is CCC(C)C(C)(C)CCCCCC(=O)NC(C)(C)c1c(C(C)C)c(C(C)(C)NC(=O)CCCCCC(C)(C)CC)c(C(C)SS)c(C(C)(C)NC(=O)CCCCCC(C)(C)C(C)CC)c1C(C)C. The minimum Gasteiger partial charge on any atom is -0.347 e. The Morgan fingerprint density at radius 2 is 0.750 bits per heavy atom. The summed E-state index contributed by atoms with van der Waals surface area (Å²) in [4.78, 5) is 42.6. The smallest absolute Gasteiger partial charge is 0.220 e. The predicted octanol–water partition coefficient (Wildman–Crippen LogP) is 18.1. The first-order valence-corrected chi connectivity index (χ1v) is 29.6. The zero-order valence-electron chi connectivity index (χ0n) is 48.7. The van der Waals surface area contributed by atoms with E-state index in [1.54, 1.807) is 0 Å². The van der Waals surface area contributed by atoms with Gasteiger partial charge >= 0.3 is 0 Å². The van der Waals surface area contributed by atoms with Gasteiger partial charge in [0.1, 0.15) is 0 Å². The van der Waals surface area contributed by atoms with E-state index in [1.165, 1.54) is 23.6 Å². The van der Waals surface area contributed by atoms with Crippen LogP contribution in [0.4, 0.5) is 0 Å². The Morgan fingerprint density at radius 3 is 1.01 bits per heavy atom. The number of nitrogens with one attached hydrogen (secondary N) is 3. The van der Waals surface area contributed by atoms with Crippen molar-refractivity contribution in [3.05, 3.63) is 33.4 Å². The molecular weight excluding hydrogens is 875 g/mol. The molecule has 1 aromatic rings. The van der Waals surface area contributed by atoms with Gasteiger partial charge in [0.2, 0.25) is 17.7 Å². The third-order valence-electron chi connectivity index (χ3n) is 16.6. The van der Waals surface area contributed by atoms with Crippen molar-refractivity contribution in [3.63, 3.8) is 0 Å². The number of carbonyl (C=O) groups excluding carboxylic acids is 3. The molecule has 0 saturated carbocycles. The van der Waals surface area contributed by atoms with Crippen molar-refractivity contribution in [3.8, 4) is 0 Å². The number of carbonyl (C=O) groups is 3. The van der Waals surface area contributed by atoms with Crippen LogP contribution < -0.4 is 16.0 Å². The summed E-state index contributed by atoms with van der Waals surface area (Å²) in [5, 5.41) is 10.6. The summed E-state index contributed by atoms with van der Waals surface area (Å²) in [6.45, 7) is 49.8. The Balaban J connectivity index is 4.02. The van der Waals surface area contributed by atoms with Gasteiger partial charge in [-0.25, -0.2) is 0 Å². The third kappa shape index (κ3) is 19.4. The number of benzene rings is 1. The number of unbranched alkanes of at least 4 members (excludes halogenated alkanes) is 6. The van der Waals surface area contributed by atoms with Crippen molar-refractivity contribution >= 4 is 40.2 Å². The second kappa shape index (κ2) is 28.0. The van der Waals surface area contributed by atoms with E-state index < -0.39 is 16.6 Å². The number of thiol groups is 1. The number of amides is 3. The van der Waals surface area contributed by atoms with Gasteiger partial charge in [0.25, 0.3) is 0 Å². The normalized spacial score (nSPS) is 14.6. The lowest BCUT2D eigenvalue weighted by molar-refractivity contribution is -0.123. The first-order chi connectivity index (χ1) is 31.2. The molecule has 1 rings (SSSR count). The standard InChI is InChI=1S/C60H111N3O3S2/c1-23-43(8)56(13,14)39-33-27-30-36-46(64)61-58(17,18)52-49(41(4)5)53(59(19,20)62-47(65)35-29-26-32-38-55(11,12)25-3)51(45(10)68-67)54(50(52)42(6)7)60(21,22)63-48(66)37-31-28-34-40-57(15,16)44(9)24-2/h41-45,67H,23-40H2,1-22H3,(H,61,64)(H,62,65)(H,63,66). The number of hydrogen-bond donors (Lipinski definition) is 4. The fourth-order valence-electron chi connectivity index (χ4n) is 10.8. The molecule has 3 atom stereocenters. The summed E-state index contributed by atoms with van der Waals surface area (Å²) in [5.41, 5.74) is 5.23. The summed E-state index contributed by atoms with van der Waals surface area (Å²) in [5.74, 6) is 1.59. The molecule has 0 aliphatic rings. The molecule has 0 fully saturated rings. The molecule has 68 heavy (non-hydrogen) atoms. The van der Waals surface area contributed by atoms with Gasteiger partial charge in [-0.2, -0.15) is 0 Å². The highest BCUT2D eigenvalue weighted by atomic mass is 33.1. The molecule has 0 saturated heterocycles. The second-order valence-electron chi connectivity index (χ2n) is 25.7. The van der Waals surface area contributed by atoms with Crippen LogP contribution in [0.2, 0.25) is 0 Å². The highest BCUT2D eigenvalue weighted by Crippen LogP contribution is 2.52. The Kier molecular flexibility index (Phi) is 26.5. The van der Waals surface area contributed by atoms with Gasteiger partial charge < -0.3 is 16.0 Å². The fourth-order valence-corrected chi connectivity index (χ4v) is 11.4. The minimum atomic E-state index is -0.795. The lowest BCUT2D eigenvalue weighted by Gasteiger charge is -2.45. The first-order valence-electron chi connectivity index (χ1n) is 27.7. The van der Waals surface area contributed by atoms with Crippen LogP contribution in [-0.4, -0.2) is 17.7 Å². The summed E-state index contributed by atoms with van der Waals surface area (Å²) >= 11 is 4.91. The monoisotopic (exact) mass is 986 g/mol. The maximum absolute atomic E-state index is 14.2. The molecule has 0 radical (unpaired) electrons. The molecule has 396 valence electrons. The largest absolute Gasteiger partial charge is 0.347 e. The van der Waals surface area contributed by atoms with Crippen molar-refractivity contribution in [2.24, 2.45) is 28.1 Å². The Hall–Kier alpha value is -1.67. The molecule has 3 unspecified atom stereocenters. The van der Waals surface area contributed by atoms with Crippen LogP contribution >= 0.6 is 22.5 Å². The summed E-state index contributed by atoms with van der Waals surface area (Å²) in [6.07, 6.45) is 17.4. The van der Waals surface area contributed by atoms with Gasteiger partial charge in [-0.1, -0.05) is 172 Å². The second-order valence-corrected chi connectivity index (χ2v) is 27.3. The van der Waals surface area contributed by atoms with Crippen LogP contribution in [0.25, 0.3) is 0 Å². The molecule has 8 heteroatoms. The van der Waals surface area contributed by atoms with Gasteiger partial charge in [0.15, 0.2) is 0 Å². The first kappa shape index (κ1) is 64.3. The van der Waals surface area contributed by atoms with Crippen LogP contribution in [0.5, 0.6) is 0 Å². The average molecular weight is 987 g/mol. The average Bonchev–Trinajstić information content (AvgIpc) is 3.22. The molecular formula is C60H111N3O3S2. The summed E-state index contributed by atoms with van der Waals surface area (Å²) in [6, 6.07) is 0. The quantitative estimate of drug-likeness (QED) is 0.0321. The van der Waals surface area contributed by atoms with Crippen LogP contribution in [0.1, 0.15) is 318 Å². The minimum absolute atomic E-state index is 0.0489. The topological polar surface area (TPSA) is 87.3 Å². The van der Waals surface area contributed by atoms with Gasteiger partial charge in [-0.05, 0) is 160 Å². The summed E-state index contributed by atoms with van der Waals surface area (Å²) in [7, 11) is 1.51. The predicted molar refractivity (Wildman–Crippen MR) is 303 cm³/mol.